The van der Waals surface area contributed by atoms with Crippen LogP contribution in [-0.2, 0) is 4.79 Å². The van der Waals surface area contributed by atoms with Crippen LogP contribution in [0.25, 0.3) is 0 Å². The average molecular weight is 251 g/mol. The third-order valence-corrected chi connectivity index (χ3v) is 5.13. The molecular weight excluding hydrogens is 222 g/mol. The van der Waals surface area contributed by atoms with Gasteiger partial charge in [-0.05, 0) is 56.9 Å². The molecule has 1 unspecified atom stereocenters. The number of rotatable bonds is 5. The second-order valence-electron chi connectivity index (χ2n) is 6.84. The molecular formula is C16H29NO. The molecule has 0 amide bonds. The number of likely N-dealkylation sites (tertiary alicyclic amines) is 1. The van der Waals surface area contributed by atoms with Gasteiger partial charge in [0.2, 0.25) is 0 Å². The van der Waals surface area contributed by atoms with Gasteiger partial charge >= 0.3 is 0 Å². The maximum Gasteiger partial charge on any atom is 0.127 e. The van der Waals surface area contributed by atoms with Crippen LogP contribution in [-0.4, -0.2) is 30.8 Å². The smallest absolute Gasteiger partial charge is 0.127 e. The Bertz CT molecular complexity index is 268. The first kappa shape index (κ1) is 14.0. The lowest BCUT2D eigenvalue weighted by Gasteiger charge is -2.37. The Morgan fingerprint density at radius 2 is 2.00 bits per heavy atom. The van der Waals surface area contributed by atoms with E-state index in [1.165, 1.54) is 51.5 Å². The average Bonchev–Trinajstić information content (AvgIpc) is 2.80. The Balaban J connectivity index is 1.85. The van der Waals surface area contributed by atoms with Crippen molar-refractivity contribution in [3.8, 4) is 0 Å². The molecule has 104 valence electrons. The molecule has 0 aromatic rings. The highest BCUT2D eigenvalue weighted by Gasteiger charge is 2.37. The third kappa shape index (κ3) is 3.34. The molecule has 0 aromatic heterocycles. The number of aldehydes is 1. The van der Waals surface area contributed by atoms with E-state index >= 15 is 0 Å². The zero-order chi connectivity index (χ0) is 13.0. The molecule has 1 aliphatic heterocycles. The van der Waals surface area contributed by atoms with Crippen molar-refractivity contribution in [1.82, 2.24) is 4.90 Å². The molecule has 1 heterocycles. The van der Waals surface area contributed by atoms with Crippen molar-refractivity contribution < 1.29 is 4.79 Å². The normalized spacial score (nSPS) is 37.9. The largest absolute Gasteiger partial charge is 0.303 e. The van der Waals surface area contributed by atoms with Crippen LogP contribution in [0, 0.1) is 17.3 Å². The lowest BCUT2D eigenvalue weighted by molar-refractivity contribution is -0.119. The summed E-state index contributed by atoms with van der Waals surface area (Å²) in [5.74, 6) is 1.71. The van der Waals surface area contributed by atoms with Crippen molar-refractivity contribution in [2.75, 3.05) is 19.6 Å². The molecule has 0 radical (unpaired) electrons. The lowest BCUT2D eigenvalue weighted by atomic mass is 9.71. The Kier molecular flexibility index (Phi) is 4.83. The second kappa shape index (κ2) is 6.18. The van der Waals surface area contributed by atoms with Crippen molar-refractivity contribution >= 4 is 6.29 Å². The van der Waals surface area contributed by atoms with Crippen molar-refractivity contribution in [3.63, 3.8) is 0 Å². The quantitative estimate of drug-likeness (QED) is 0.697. The fraction of sp³-hybridized carbons (Fsp3) is 0.938. The molecule has 0 bridgehead atoms. The predicted octanol–water partition coefficient (Wildman–Crippen LogP) is 3.50. The van der Waals surface area contributed by atoms with E-state index in [-0.39, 0.29) is 5.41 Å². The highest BCUT2D eigenvalue weighted by atomic mass is 16.1. The van der Waals surface area contributed by atoms with Gasteiger partial charge in [-0.3, -0.25) is 0 Å². The summed E-state index contributed by atoms with van der Waals surface area (Å²) >= 11 is 0. The van der Waals surface area contributed by atoms with Crippen LogP contribution >= 0.6 is 0 Å². The molecule has 1 saturated carbocycles. The van der Waals surface area contributed by atoms with Gasteiger partial charge in [0.25, 0.3) is 0 Å². The number of carbonyl (C=O) groups is 1. The molecule has 0 N–H and O–H groups in total. The van der Waals surface area contributed by atoms with Gasteiger partial charge in [0.15, 0.2) is 0 Å². The van der Waals surface area contributed by atoms with E-state index in [1.54, 1.807) is 0 Å². The highest BCUT2D eigenvalue weighted by molar-refractivity contribution is 5.60. The summed E-state index contributed by atoms with van der Waals surface area (Å²) in [5.41, 5.74) is -0.00633. The van der Waals surface area contributed by atoms with Crippen molar-refractivity contribution in [2.45, 2.75) is 58.8 Å². The van der Waals surface area contributed by atoms with Crippen LogP contribution in [0.2, 0.25) is 0 Å². The number of nitrogens with zero attached hydrogens (tertiary/aromatic N) is 1. The zero-order valence-corrected chi connectivity index (χ0v) is 12.2. The van der Waals surface area contributed by atoms with E-state index in [9.17, 15) is 4.79 Å². The van der Waals surface area contributed by atoms with Crippen molar-refractivity contribution in [1.29, 1.82) is 0 Å². The van der Waals surface area contributed by atoms with Crippen LogP contribution in [0.15, 0.2) is 0 Å². The summed E-state index contributed by atoms with van der Waals surface area (Å²) in [6.07, 6.45) is 10.0. The molecule has 2 nitrogen and oxygen atoms in total. The molecule has 18 heavy (non-hydrogen) atoms. The Labute approximate surface area is 112 Å². The third-order valence-electron chi connectivity index (χ3n) is 5.13. The molecule has 0 aromatic carbocycles. The Morgan fingerprint density at radius 3 is 2.61 bits per heavy atom. The van der Waals surface area contributed by atoms with Crippen molar-refractivity contribution in [3.05, 3.63) is 0 Å². The first-order valence-corrected chi connectivity index (χ1v) is 7.86. The number of hydrogen-bond donors (Lipinski definition) is 0. The Morgan fingerprint density at radius 1 is 1.28 bits per heavy atom. The summed E-state index contributed by atoms with van der Waals surface area (Å²) in [6.45, 7) is 8.08. The Hall–Kier alpha value is -0.370. The van der Waals surface area contributed by atoms with Crippen molar-refractivity contribution in [2.24, 2.45) is 17.3 Å². The molecule has 1 atom stereocenters. The second-order valence-corrected chi connectivity index (χ2v) is 6.84. The fourth-order valence-corrected chi connectivity index (χ4v) is 3.80. The van der Waals surface area contributed by atoms with E-state index in [4.69, 9.17) is 0 Å². The minimum absolute atomic E-state index is 0.00633. The molecule has 2 heteroatoms. The van der Waals surface area contributed by atoms with Gasteiger partial charge in [0.05, 0.1) is 0 Å². The van der Waals surface area contributed by atoms with E-state index in [0.717, 1.165) is 31.2 Å². The summed E-state index contributed by atoms with van der Waals surface area (Å²) in [6, 6.07) is 0. The highest BCUT2D eigenvalue weighted by Crippen LogP contribution is 2.39. The lowest BCUT2D eigenvalue weighted by Crippen LogP contribution is -2.40. The van der Waals surface area contributed by atoms with Gasteiger partial charge in [-0.2, -0.15) is 0 Å². The maximum absolute atomic E-state index is 11.6. The van der Waals surface area contributed by atoms with Gasteiger partial charge in [0.1, 0.15) is 6.29 Å². The molecule has 1 saturated heterocycles. The van der Waals surface area contributed by atoms with Gasteiger partial charge in [-0.25, -0.2) is 0 Å². The van der Waals surface area contributed by atoms with E-state index in [0.29, 0.717) is 0 Å². The van der Waals surface area contributed by atoms with Gasteiger partial charge in [-0.15, -0.1) is 0 Å². The van der Waals surface area contributed by atoms with Crippen LogP contribution in [0.1, 0.15) is 58.8 Å². The minimum atomic E-state index is -0.00633. The van der Waals surface area contributed by atoms with Crippen LogP contribution < -0.4 is 0 Å². The first-order chi connectivity index (χ1) is 8.67. The van der Waals surface area contributed by atoms with E-state index in [1.807, 2.05) is 0 Å². The zero-order valence-electron chi connectivity index (χ0n) is 12.2. The number of hydrogen-bond acceptors (Lipinski definition) is 2. The molecule has 0 spiro atoms. The standard InChI is InChI=1S/C16H29NO/c1-3-4-15-7-10-17(11-15)12-16(13-18)8-5-14(2)6-9-16/h13-15H,3-12H2,1-2H3. The number of carbonyl (C=O) groups excluding carboxylic acids is 1. The monoisotopic (exact) mass is 251 g/mol. The van der Waals surface area contributed by atoms with Gasteiger partial charge < -0.3 is 9.69 Å². The summed E-state index contributed by atoms with van der Waals surface area (Å²) in [4.78, 5) is 14.1. The van der Waals surface area contributed by atoms with Crippen LogP contribution in [0.4, 0.5) is 0 Å². The summed E-state index contributed by atoms with van der Waals surface area (Å²) in [5, 5.41) is 0. The van der Waals surface area contributed by atoms with Gasteiger partial charge in [0, 0.05) is 18.5 Å². The topological polar surface area (TPSA) is 20.3 Å². The first-order valence-electron chi connectivity index (χ1n) is 7.86. The molecule has 2 aliphatic rings. The maximum atomic E-state index is 11.6. The molecule has 2 rings (SSSR count). The fourth-order valence-electron chi connectivity index (χ4n) is 3.80. The van der Waals surface area contributed by atoms with E-state index in [2.05, 4.69) is 18.7 Å². The minimum Gasteiger partial charge on any atom is -0.303 e. The SMILES string of the molecule is CCCC1CCN(CC2(C=O)CCC(C)CC2)C1. The summed E-state index contributed by atoms with van der Waals surface area (Å²) in [7, 11) is 0. The summed E-state index contributed by atoms with van der Waals surface area (Å²) < 4.78 is 0. The van der Waals surface area contributed by atoms with Crippen LogP contribution in [0.5, 0.6) is 0 Å². The van der Waals surface area contributed by atoms with Gasteiger partial charge in [-0.1, -0.05) is 20.3 Å². The van der Waals surface area contributed by atoms with E-state index < -0.39 is 0 Å². The predicted molar refractivity (Wildman–Crippen MR) is 75.6 cm³/mol. The van der Waals surface area contributed by atoms with Crippen LogP contribution in [0.3, 0.4) is 0 Å². The molecule has 2 fully saturated rings. The molecule has 1 aliphatic carbocycles.